The first-order chi connectivity index (χ1) is 15.6. The predicted octanol–water partition coefficient (Wildman–Crippen LogP) is 5.62. The minimum atomic E-state index is -0.298. The number of aromatic amines is 1. The van der Waals surface area contributed by atoms with Crippen molar-refractivity contribution in [2.75, 3.05) is 6.54 Å². The molecule has 0 radical (unpaired) electrons. The van der Waals surface area contributed by atoms with Gasteiger partial charge in [0.15, 0.2) is 0 Å². The van der Waals surface area contributed by atoms with Gasteiger partial charge in [-0.05, 0) is 69.0 Å². The van der Waals surface area contributed by atoms with Crippen molar-refractivity contribution in [3.05, 3.63) is 71.9 Å². The fraction of sp³-hybridized carbons (Fsp3) is 0.346. The van der Waals surface area contributed by atoms with Crippen LogP contribution in [0.25, 0.3) is 21.9 Å². The lowest BCUT2D eigenvalue weighted by molar-refractivity contribution is 0.0622. The second-order valence-electron chi connectivity index (χ2n) is 8.65. The van der Waals surface area contributed by atoms with Gasteiger partial charge in [-0.15, -0.1) is 0 Å². The fourth-order valence-electron chi connectivity index (χ4n) is 4.94. The predicted molar refractivity (Wildman–Crippen MR) is 124 cm³/mol. The Balaban J connectivity index is 1.25. The maximum Gasteiger partial charge on any atom is 0.270 e. The number of furan rings is 1. The summed E-state index contributed by atoms with van der Waals surface area (Å²) in [5.41, 5.74) is 2.21. The van der Waals surface area contributed by atoms with Crippen molar-refractivity contribution in [1.29, 1.82) is 0 Å². The van der Waals surface area contributed by atoms with E-state index in [-0.39, 0.29) is 17.8 Å². The Morgan fingerprint density at radius 3 is 2.88 bits per heavy atom. The van der Waals surface area contributed by atoms with Crippen LogP contribution in [0.5, 0.6) is 0 Å². The van der Waals surface area contributed by atoms with Crippen molar-refractivity contribution in [1.82, 2.24) is 15.2 Å². The van der Waals surface area contributed by atoms with Gasteiger partial charge in [-0.1, -0.05) is 18.2 Å². The largest absolute Gasteiger partial charge is 0.460 e. The summed E-state index contributed by atoms with van der Waals surface area (Å²) >= 11 is 0. The van der Waals surface area contributed by atoms with Gasteiger partial charge in [0.1, 0.15) is 22.9 Å². The lowest BCUT2D eigenvalue weighted by atomic mass is 9.89. The highest BCUT2D eigenvalue weighted by Gasteiger charge is 2.30. The van der Waals surface area contributed by atoms with E-state index in [1.165, 1.54) is 12.1 Å². The third-order valence-corrected chi connectivity index (χ3v) is 6.54. The molecule has 6 heteroatoms. The van der Waals surface area contributed by atoms with Crippen LogP contribution < -0.4 is 5.32 Å². The number of nitrogens with zero attached hydrogens (tertiary/aromatic N) is 1. The summed E-state index contributed by atoms with van der Waals surface area (Å²) in [6.45, 7) is 3.34. The molecule has 1 amide bonds. The molecule has 2 aromatic heterocycles. The third-order valence-electron chi connectivity index (χ3n) is 6.54. The molecule has 0 aliphatic heterocycles. The van der Waals surface area contributed by atoms with E-state index >= 15 is 0 Å². The molecule has 1 fully saturated rings. The number of benzene rings is 2. The molecule has 166 valence electrons. The van der Waals surface area contributed by atoms with Crippen molar-refractivity contribution in [2.45, 2.75) is 51.2 Å². The molecular formula is C26H28FN3O2. The van der Waals surface area contributed by atoms with Gasteiger partial charge in [0.05, 0.1) is 6.54 Å². The van der Waals surface area contributed by atoms with E-state index in [4.69, 9.17) is 4.42 Å². The molecule has 0 bridgehead atoms. The smallest absolute Gasteiger partial charge is 0.270 e. The molecule has 2 atom stereocenters. The Labute approximate surface area is 186 Å². The van der Waals surface area contributed by atoms with Crippen molar-refractivity contribution in [3.63, 3.8) is 0 Å². The number of nitrogens with one attached hydrogen (secondary N) is 2. The number of carbonyl (C=O) groups excluding carboxylic acids is 1. The zero-order valence-corrected chi connectivity index (χ0v) is 18.2. The van der Waals surface area contributed by atoms with Gasteiger partial charge in [-0.25, -0.2) is 4.39 Å². The molecule has 2 unspecified atom stereocenters. The first-order valence-electron chi connectivity index (χ1n) is 11.4. The van der Waals surface area contributed by atoms with Gasteiger partial charge >= 0.3 is 0 Å². The topological polar surface area (TPSA) is 61.3 Å². The Morgan fingerprint density at radius 1 is 1.16 bits per heavy atom. The summed E-state index contributed by atoms with van der Waals surface area (Å²) in [4.78, 5) is 18.4. The Morgan fingerprint density at radius 2 is 2.03 bits per heavy atom. The number of carbonyl (C=O) groups is 1. The first-order valence-corrected chi connectivity index (χ1v) is 11.4. The van der Waals surface area contributed by atoms with Crippen LogP contribution in [0.4, 0.5) is 4.39 Å². The summed E-state index contributed by atoms with van der Waals surface area (Å²) in [7, 11) is 0. The molecule has 1 saturated carbocycles. The lowest BCUT2D eigenvalue weighted by Gasteiger charge is -2.37. The van der Waals surface area contributed by atoms with E-state index in [1.54, 1.807) is 12.1 Å². The Kier molecular flexibility index (Phi) is 5.70. The maximum absolute atomic E-state index is 13.5. The van der Waals surface area contributed by atoms with Gasteiger partial charge in [-0.3, -0.25) is 4.79 Å². The second-order valence-corrected chi connectivity index (χ2v) is 8.65. The maximum atomic E-state index is 13.5. The number of rotatable bonds is 6. The molecule has 2 heterocycles. The number of amides is 1. The SMILES string of the molecule is CCN(C(=O)c1cc2cc(F)ccc2[nH]1)C1CCCC(NCc2cc3ccccc3o2)C1. The highest BCUT2D eigenvalue weighted by molar-refractivity contribution is 5.98. The molecule has 0 spiro atoms. The number of aromatic nitrogens is 1. The normalized spacial score (nSPS) is 18.9. The van der Waals surface area contributed by atoms with Gasteiger partial charge < -0.3 is 19.6 Å². The van der Waals surface area contributed by atoms with E-state index in [2.05, 4.69) is 22.4 Å². The Hall–Kier alpha value is -3.12. The molecule has 1 aliphatic rings. The minimum Gasteiger partial charge on any atom is -0.460 e. The molecule has 2 aromatic carbocycles. The van der Waals surface area contributed by atoms with Crippen LogP contribution in [0.1, 0.15) is 48.9 Å². The second kappa shape index (κ2) is 8.79. The van der Waals surface area contributed by atoms with Crippen LogP contribution in [-0.2, 0) is 6.54 Å². The van der Waals surface area contributed by atoms with Gasteiger partial charge in [-0.2, -0.15) is 0 Å². The summed E-state index contributed by atoms with van der Waals surface area (Å²) in [5.74, 6) is 0.614. The molecule has 2 N–H and O–H groups in total. The first kappa shape index (κ1) is 20.8. The lowest BCUT2D eigenvalue weighted by Crippen LogP contribution is -2.46. The van der Waals surface area contributed by atoms with Crippen LogP contribution in [0.15, 0.2) is 59.0 Å². The minimum absolute atomic E-state index is 0.0213. The number of hydrogen-bond donors (Lipinski definition) is 2. The van der Waals surface area contributed by atoms with E-state index < -0.39 is 0 Å². The zero-order chi connectivity index (χ0) is 22.1. The summed E-state index contributed by atoms with van der Waals surface area (Å²) in [6.07, 6.45) is 4.07. The van der Waals surface area contributed by atoms with Crippen molar-refractivity contribution in [2.24, 2.45) is 0 Å². The summed E-state index contributed by atoms with van der Waals surface area (Å²) < 4.78 is 19.5. The molecular weight excluding hydrogens is 405 g/mol. The van der Waals surface area contributed by atoms with Gasteiger partial charge in [0.2, 0.25) is 0 Å². The van der Waals surface area contributed by atoms with Crippen LogP contribution in [0.3, 0.4) is 0 Å². The fourth-order valence-corrected chi connectivity index (χ4v) is 4.94. The van der Waals surface area contributed by atoms with Crippen molar-refractivity contribution < 1.29 is 13.6 Å². The van der Waals surface area contributed by atoms with Gasteiger partial charge in [0.25, 0.3) is 5.91 Å². The summed E-state index contributed by atoms with van der Waals surface area (Å²) in [5, 5.41) is 5.47. The number of hydrogen-bond acceptors (Lipinski definition) is 3. The monoisotopic (exact) mass is 433 g/mol. The number of para-hydroxylation sites is 1. The van der Waals surface area contributed by atoms with Crippen LogP contribution >= 0.6 is 0 Å². The van der Waals surface area contributed by atoms with Gasteiger partial charge in [0, 0.05) is 34.9 Å². The molecule has 32 heavy (non-hydrogen) atoms. The molecule has 4 aromatic rings. The number of halogens is 1. The third kappa shape index (κ3) is 4.15. The van der Waals surface area contributed by atoms with E-state index in [0.717, 1.165) is 53.3 Å². The number of fused-ring (bicyclic) bond motifs is 2. The van der Waals surface area contributed by atoms with Crippen LogP contribution in [0, 0.1) is 5.82 Å². The van der Waals surface area contributed by atoms with Crippen LogP contribution in [-0.4, -0.2) is 34.4 Å². The average Bonchev–Trinajstić information content (AvgIpc) is 3.42. The standard InChI is InChI=1S/C26H28FN3O2/c1-2-30(26(31)24-14-18-12-19(27)10-11-23(18)29-24)21-8-5-7-20(15-21)28-16-22-13-17-6-3-4-9-25(17)32-22/h3-4,6,9-14,20-21,28-29H,2,5,7-8,15-16H2,1H3. The van der Waals surface area contributed by atoms with E-state index in [0.29, 0.717) is 24.8 Å². The molecule has 0 saturated heterocycles. The highest BCUT2D eigenvalue weighted by atomic mass is 19.1. The average molecular weight is 434 g/mol. The van der Waals surface area contributed by atoms with Crippen LogP contribution in [0.2, 0.25) is 0 Å². The van der Waals surface area contributed by atoms with E-state index in [9.17, 15) is 9.18 Å². The van der Waals surface area contributed by atoms with E-state index in [1.807, 2.05) is 30.0 Å². The summed E-state index contributed by atoms with van der Waals surface area (Å²) in [6, 6.07) is 16.9. The van der Waals surface area contributed by atoms with Crippen molar-refractivity contribution >= 4 is 27.8 Å². The number of H-pyrrole nitrogens is 1. The highest BCUT2D eigenvalue weighted by Crippen LogP contribution is 2.26. The Bertz CT molecular complexity index is 1210. The zero-order valence-electron chi connectivity index (χ0n) is 18.2. The molecule has 5 rings (SSSR count). The molecule has 1 aliphatic carbocycles. The molecule has 5 nitrogen and oxygen atoms in total. The van der Waals surface area contributed by atoms with Crippen molar-refractivity contribution in [3.8, 4) is 0 Å². The quantitative estimate of drug-likeness (QED) is 0.415.